The van der Waals surface area contributed by atoms with Crippen LogP contribution in [0.3, 0.4) is 0 Å². The second-order valence-electron chi connectivity index (χ2n) is 10.5. The Bertz CT molecular complexity index is 567. The summed E-state index contributed by atoms with van der Waals surface area (Å²) in [5.41, 5.74) is 0. The molecule has 1 N–H and O–H groups in total. The van der Waals surface area contributed by atoms with Gasteiger partial charge >= 0.3 is 5.97 Å². The van der Waals surface area contributed by atoms with E-state index in [2.05, 4.69) is 50.3 Å². The lowest BCUT2D eigenvalue weighted by Crippen LogP contribution is -2.27. The first-order valence-corrected chi connectivity index (χ1v) is 16.1. The molecule has 0 heterocycles. The van der Waals surface area contributed by atoms with Crippen LogP contribution in [0.15, 0.2) is 36.5 Å². The van der Waals surface area contributed by atoms with Gasteiger partial charge in [-0.3, -0.25) is 4.79 Å². The van der Waals surface area contributed by atoms with Crippen molar-refractivity contribution in [2.24, 2.45) is 0 Å². The molecule has 4 nitrogen and oxygen atoms in total. The summed E-state index contributed by atoms with van der Waals surface area (Å²) in [7, 11) is 0. The summed E-state index contributed by atoms with van der Waals surface area (Å²) in [6.07, 6.45) is 37.4. The van der Waals surface area contributed by atoms with Crippen LogP contribution in [0.4, 0.5) is 0 Å². The van der Waals surface area contributed by atoms with Gasteiger partial charge in [-0.05, 0) is 44.9 Å². The smallest absolute Gasteiger partial charge is 0.306 e. The minimum Gasteiger partial charge on any atom is -0.457 e. The van der Waals surface area contributed by atoms with Gasteiger partial charge in [0.1, 0.15) is 6.10 Å². The third kappa shape index (κ3) is 29.2. The first-order valence-electron chi connectivity index (χ1n) is 16.1. The van der Waals surface area contributed by atoms with E-state index >= 15 is 0 Å². The maximum Gasteiger partial charge on any atom is 0.306 e. The van der Waals surface area contributed by atoms with Crippen LogP contribution in [0.5, 0.6) is 0 Å². The first-order chi connectivity index (χ1) is 18.7. The van der Waals surface area contributed by atoms with Crippen molar-refractivity contribution in [3.05, 3.63) is 36.5 Å². The molecule has 0 bridgehead atoms. The molecule has 0 aliphatic heterocycles. The Morgan fingerprint density at radius 3 is 1.79 bits per heavy atom. The molecule has 0 aromatic heterocycles. The molecule has 1 unspecified atom stereocenters. The normalized spacial score (nSPS) is 12.8. The Labute approximate surface area is 236 Å². The number of carbonyl (C=O) groups is 1. The van der Waals surface area contributed by atoms with Crippen LogP contribution in [0, 0.1) is 0 Å². The predicted octanol–water partition coefficient (Wildman–Crippen LogP) is 9.81. The van der Waals surface area contributed by atoms with E-state index in [-0.39, 0.29) is 19.2 Å². The van der Waals surface area contributed by atoms with Crippen molar-refractivity contribution in [3.8, 4) is 0 Å². The summed E-state index contributed by atoms with van der Waals surface area (Å²) in [6, 6.07) is 0. The van der Waals surface area contributed by atoms with Crippen LogP contribution in [-0.4, -0.2) is 37.0 Å². The van der Waals surface area contributed by atoms with E-state index in [0.717, 1.165) is 44.9 Å². The minimum atomic E-state index is -0.535. The van der Waals surface area contributed by atoms with Gasteiger partial charge in [0.05, 0.1) is 13.2 Å². The van der Waals surface area contributed by atoms with E-state index < -0.39 is 6.10 Å². The fourth-order valence-corrected chi connectivity index (χ4v) is 4.34. The summed E-state index contributed by atoms with van der Waals surface area (Å²) in [5.74, 6) is -0.210. The van der Waals surface area contributed by atoms with Crippen LogP contribution in [-0.2, 0) is 14.3 Å². The van der Waals surface area contributed by atoms with Gasteiger partial charge in [-0.2, -0.15) is 0 Å². The zero-order valence-corrected chi connectivity index (χ0v) is 25.2. The number of ether oxygens (including phenoxy) is 2. The molecule has 0 spiro atoms. The second kappa shape index (κ2) is 31.8. The van der Waals surface area contributed by atoms with Crippen molar-refractivity contribution >= 4 is 5.97 Å². The van der Waals surface area contributed by atoms with Gasteiger partial charge in [-0.1, -0.05) is 134 Å². The highest BCUT2D eigenvalue weighted by Crippen LogP contribution is 2.12. The number of aliphatic hydroxyl groups is 1. The van der Waals surface area contributed by atoms with E-state index in [1.165, 1.54) is 83.5 Å². The van der Waals surface area contributed by atoms with E-state index in [9.17, 15) is 9.90 Å². The van der Waals surface area contributed by atoms with Gasteiger partial charge in [0.2, 0.25) is 0 Å². The second-order valence-corrected chi connectivity index (χ2v) is 10.5. The monoisotopic (exact) mass is 534 g/mol. The molecule has 1 atom stereocenters. The quantitative estimate of drug-likeness (QED) is 0.0589. The van der Waals surface area contributed by atoms with Gasteiger partial charge in [-0.25, -0.2) is 0 Å². The Hall–Kier alpha value is -1.39. The van der Waals surface area contributed by atoms with Gasteiger partial charge in [0, 0.05) is 13.0 Å². The standard InChI is InChI=1S/C34H62O4/c1-3-5-7-9-11-13-15-16-17-18-19-20-22-24-26-28-30-37-32-33(31-35)38-34(36)29-27-25-23-21-14-12-10-8-6-4-2/h5,7,11,13,16-17,33,35H,3-4,6,8-10,12,14-15,18-32H2,1-2H3/b7-5-,13-11-,17-16-. The highest BCUT2D eigenvalue weighted by atomic mass is 16.6. The highest BCUT2D eigenvalue weighted by molar-refractivity contribution is 5.69. The van der Waals surface area contributed by atoms with Crippen molar-refractivity contribution in [3.63, 3.8) is 0 Å². The number of hydrogen-bond acceptors (Lipinski definition) is 4. The summed E-state index contributed by atoms with van der Waals surface area (Å²) in [5, 5.41) is 9.50. The van der Waals surface area contributed by atoms with E-state index in [1.807, 2.05) is 0 Å². The van der Waals surface area contributed by atoms with Crippen LogP contribution in [0.25, 0.3) is 0 Å². The van der Waals surface area contributed by atoms with Crippen molar-refractivity contribution in [1.82, 2.24) is 0 Å². The van der Waals surface area contributed by atoms with Crippen LogP contribution < -0.4 is 0 Å². The Morgan fingerprint density at radius 2 is 1.18 bits per heavy atom. The fraction of sp³-hybridized carbons (Fsp3) is 0.794. The number of aliphatic hydroxyl groups excluding tert-OH is 1. The Morgan fingerprint density at radius 1 is 0.658 bits per heavy atom. The lowest BCUT2D eigenvalue weighted by atomic mass is 10.1. The molecule has 0 saturated heterocycles. The maximum absolute atomic E-state index is 12.0. The molecule has 0 saturated carbocycles. The number of unbranched alkanes of at least 4 members (excludes halogenated alkanes) is 15. The fourth-order valence-electron chi connectivity index (χ4n) is 4.34. The summed E-state index contributed by atoms with van der Waals surface area (Å²) < 4.78 is 11.0. The third-order valence-corrected chi connectivity index (χ3v) is 6.73. The van der Waals surface area contributed by atoms with Crippen molar-refractivity contribution in [2.45, 2.75) is 155 Å². The lowest BCUT2D eigenvalue weighted by Gasteiger charge is -2.15. The van der Waals surface area contributed by atoms with Gasteiger partial charge in [-0.15, -0.1) is 0 Å². The number of esters is 1. The highest BCUT2D eigenvalue weighted by Gasteiger charge is 2.13. The van der Waals surface area contributed by atoms with Gasteiger partial charge in [0.15, 0.2) is 0 Å². The molecule has 0 fully saturated rings. The summed E-state index contributed by atoms with van der Waals surface area (Å²) in [4.78, 5) is 12.0. The lowest BCUT2D eigenvalue weighted by molar-refractivity contribution is -0.154. The molecule has 0 amide bonds. The number of hydrogen-bond donors (Lipinski definition) is 1. The summed E-state index contributed by atoms with van der Waals surface area (Å²) >= 11 is 0. The molecule has 0 aliphatic rings. The van der Waals surface area contributed by atoms with Crippen LogP contribution >= 0.6 is 0 Å². The molecule has 0 rings (SSSR count). The van der Waals surface area contributed by atoms with Crippen LogP contribution in [0.1, 0.15) is 149 Å². The van der Waals surface area contributed by atoms with Crippen molar-refractivity contribution in [2.75, 3.05) is 19.8 Å². The summed E-state index contributed by atoms with van der Waals surface area (Å²) in [6.45, 7) is 5.19. The van der Waals surface area contributed by atoms with E-state index in [1.54, 1.807) is 0 Å². The Kier molecular flexibility index (Phi) is 30.7. The SMILES string of the molecule is CC/C=C\C/C=C\C/C=C\CCCCCCCCOCC(CO)OC(=O)CCCCCCCCCCCC. The number of carbonyl (C=O) groups excluding carboxylic acids is 1. The van der Waals surface area contributed by atoms with Gasteiger partial charge in [0.25, 0.3) is 0 Å². The zero-order valence-electron chi connectivity index (χ0n) is 25.2. The molecule has 38 heavy (non-hydrogen) atoms. The van der Waals surface area contributed by atoms with Crippen LogP contribution in [0.2, 0.25) is 0 Å². The third-order valence-electron chi connectivity index (χ3n) is 6.73. The van der Waals surface area contributed by atoms with Gasteiger partial charge < -0.3 is 14.6 Å². The Balaban J connectivity index is 3.48. The average Bonchev–Trinajstić information content (AvgIpc) is 2.92. The van der Waals surface area contributed by atoms with E-state index in [4.69, 9.17) is 9.47 Å². The zero-order chi connectivity index (χ0) is 27.8. The predicted molar refractivity (Wildman–Crippen MR) is 164 cm³/mol. The molecule has 4 heteroatoms. The van der Waals surface area contributed by atoms with Crippen molar-refractivity contribution < 1.29 is 19.4 Å². The number of allylic oxidation sites excluding steroid dienone is 6. The molecular formula is C34H62O4. The topological polar surface area (TPSA) is 55.8 Å². The molecule has 222 valence electrons. The van der Waals surface area contributed by atoms with E-state index in [0.29, 0.717) is 13.0 Å². The van der Waals surface area contributed by atoms with Crippen molar-refractivity contribution in [1.29, 1.82) is 0 Å². The maximum atomic E-state index is 12.0. The minimum absolute atomic E-state index is 0.176. The molecular weight excluding hydrogens is 472 g/mol. The molecule has 0 aromatic rings. The number of rotatable bonds is 29. The largest absolute Gasteiger partial charge is 0.457 e. The molecule has 0 radical (unpaired) electrons. The molecule has 0 aromatic carbocycles. The first kappa shape index (κ1) is 36.6. The average molecular weight is 535 g/mol. The molecule has 0 aliphatic carbocycles.